The number of thioether (sulfide) groups is 4. The first kappa shape index (κ1) is 14.4. The van der Waals surface area contributed by atoms with Gasteiger partial charge in [-0.05, 0) is 12.5 Å². The fourth-order valence-electron chi connectivity index (χ4n) is 0.942. The van der Waals surface area contributed by atoms with Crippen LogP contribution in [0.3, 0.4) is 0 Å². The Labute approximate surface area is 107 Å². The number of hydrogen-bond acceptors (Lipinski definition) is 7. The molecule has 0 atom stereocenters. The molecule has 0 aromatic carbocycles. The zero-order valence-electron chi connectivity index (χ0n) is 8.88. The first-order chi connectivity index (χ1) is 7.11. The van der Waals surface area contributed by atoms with Gasteiger partial charge in [-0.15, -0.1) is 23.5 Å². The Kier molecular flexibility index (Phi) is 6.01. The van der Waals surface area contributed by atoms with E-state index in [9.17, 15) is 4.57 Å². The molecular formula is C7H13O3PS4. The normalized spacial score (nSPS) is 18.9. The molecule has 1 heterocycles. The fourth-order valence-corrected chi connectivity index (χ4v) is 9.51. The zero-order valence-corrected chi connectivity index (χ0v) is 13.0. The fraction of sp³-hybridized carbons (Fsp3) is 0.714. The van der Waals surface area contributed by atoms with Crippen LogP contribution in [0.5, 0.6) is 0 Å². The summed E-state index contributed by atoms with van der Waals surface area (Å²) in [4.78, 5) is 0. The molecule has 1 rings (SSSR count). The second kappa shape index (κ2) is 6.28. The molecule has 88 valence electrons. The van der Waals surface area contributed by atoms with Gasteiger partial charge in [0.25, 0.3) is 0 Å². The largest absolute Gasteiger partial charge is 0.353 e. The van der Waals surface area contributed by atoms with Crippen molar-refractivity contribution < 1.29 is 13.6 Å². The van der Waals surface area contributed by atoms with Gasteiger partial charge >= 0.3 is 7.60 Å². The summed E-state index contributed by atoms with van der Waals surface area (Å²) in [6, 6.07) is 0. The number of hydrogen-bond donors (Lipinski definition) is 0. The summed E-state index contributed by atoms with van der Waals surface area (Å²) in [7, 11) is -0.109. The molecule has 0 aromatic heterocycles. The molecule has 0 aliphatic carbocycles. The SMILES string of the molecule is COP(=O)(OC)C1SC(SC)=C(SC)S1. The van der Waals surface area contributed by atoms with E-state index < -0.39 is 7.60 Å². The summed E-state index contributed by atoms with van der Waals surface area (Å²) in [5.74, 6) is 0. The Morgan fingerprint density at radius 2 is 1.53 bits per heavy atom. The van der Waals surface area contributed by atoms with Crippen molar-refractivity contribution >= 4 is 54.6 Å². The zero-order chi connectivity index (χ0) is 11.5. The predicted octanol–water partition coefficient (Wildman–Crippen LogP) is 4.09. The first-order valence-electron chi connectivity index (χ1n) is 3.98. The average Bonchev–Trinajstić information content (AvgIpc) is 2.71. The highest BCUT2D eigenvalue weighted by Crippen LogP contribution is 2.69. The molecule has 0 bridgehead atoms. The molecule has 0 fully saturated rings. The Balaban J connectivity index is 2.78. The van der Waals surface area contributed by atoms with Crippen LogP contribution in [-0.4, -0.2) is 31.1 Å². The van der Waals surface area contributed by atoms with Crippen molar-refractivity contribution in [3.63, 3.8) is 0 Å². The Bertz CT molecular complexity index is 283. The third-order valence-electron chi connectivity index (χ3n) is 1.72. The van der Waals surface area contributed by atoms with Gasteiger partial charge in [0, 0.05) is 14.2 Å². The molecule has 0 spiro atoms. The Morgan fingerprint density at radius 1 is 1.13 bits per heavy atom. The lowest BCUT2D eigenvalue weighted by molar-refractivity contribution is 0.279. The van der Waals surface area contributed by atoms with Crippen molar-refractivity contribution in [3.8, 4) is 0 Å². The summed E-state index contributed by atoms with van der Waals surface area (Å²) in [6.07, 6.45) is 4.04. The third kappa shape index (κ3) is 3.15. The third-order valence-corrected chi connectivity index (χ3v) is 10.5. The minimum atomic E-state index is -2.97. The molecule has 0 aromatic rings. The molecule has 3 nitrogen and oxygen atoms in total. The van der Waals surface area contributed by atoms with E-state index in [4.69, 9.17) is 9.05 Å². The second-order valence-electron chi connectivity index (χ2n) is 2.43. The maximum absolute atomic E-state index is 12.1. The van der Waals surface area contributed by atoms with Crippen molar-refractivity contribution in [3.05, 3.63) is 8.47 Å². The maximum Gasteiger partial charge on any atom is 0.353 e. The minimum absolute atomic E-state index is 0.169. The average molecular weight is 304 g/mol. The van der Waals surface area contributed by atoms with Crippen molar-refractivity contribution in [1.82, 2.24) is 0 Å². The smallest absolute Gasteiger partial charge is 0.311 e. The van der Waals surface area contributed by atoms with Gasteiger partial charge in [0.2, 0.25) is 0 Å². The van der Waals surface area contributed by atoms with E-state index in [0.717, 1.165) is 0 Å². The first-order valence-corrected chi connectivity index (χ1v) is 9.80. The van der Waals surface area contributed by atoms with Gasteiger partial charge in [-0.2, -0.15) is 0 Å². The van der Waals surface area contributed by atoms with E-state index in [2.05, 4.69) is 0 Å². The maximum atomic E-state index is 12.1. The lowest BCUT2D eigenvalue weighted by atomic mass is 11.2. The van der Waals surface area contributed by atoms with E-state index in [1.54, 1.807) is 47.0 Å². The van der Waals surface area contributed by atoms with Crippen molar-refractivity contribution in [1.29, 1.82) is 0 Å². The van der Waals surface area contributed by atoms with Crippen LogP contribution in [0.25, 0.3) is 0 Å². The monoisotopic (exact) mass is 304 g/mol. The van der Waals surface area contributed by atoms with Gasteiger partial charge in [-0.25, -0.2) is 0 Å². The molecule has 0 saturated carbocycles. The van der Waals surface area contributed by atoms with Crippen LogP contribution >= 0.6 is 54.6 Å². The molecule has 0 radical (unpaired) electrons. The van der Waals surface area contributed by atoms with E-state index in [1.807, 2.05) is 12.5 Å². The molecule has 8 heteroatoms. The van der Waals surface area contributed by atoms with E-state index in [-0.39, 0.29) is 4.32 Å². The van der Waals surface area contributed by atoms with Gasteiger partial charge in [0.05, 0.1) is 8.47 Å². The van der Waals surface area contributed by atoms with E-state index >= 15 is 0 Å². The molecule has 0 saturated heterocycles. The van der Waals surface area contributed by atoms with Crippen LogP contribution in [0.2, 0.25) is 0 Å². The van der Waals surface area contributed by atoms with Crippen LogP contribution in [0, 0.1) is 0 Å². The van der Waals surface area contributed by atoms with Gasteiger partial charge in [0.15, 0.2) is 4.32 Å². The highest BCUT2D eigenvalue weighted by molar-refractivity contribution is 8.40. The van der Waals surface area contributed by atoms with Gasteiger partial charge in [-0.3, -0.25) is 4.57 Å². The molecule has 0 unspecified atom stereocenters. The van der Waals surface area contributed by atoms with Crippen LogP contribution < -0.4 is 0 Å². The van der Waals surface area contributed by atoms with Crippen LogP contribution in [0.15, 0.2) is 8.47 Å². The van der Waals surface area contributed by atoms with Crippen molar-refractivity contribution in [2.24, 2.45) is 0 Å². The molecule has 0 N–H and O–H groups in total. The van der Waals surface area contributed by atoms with Gasteiger partial charge < -0.3 is 9.05 Å². The highest BCUT2D eigenvalue weighted by atomic mass is 32.3. The summed E-state index contributed by atoms with van der Waals surface area (Å²) < 4.78 is 24.4. The Hall–Kier alpha value is 1.29. The minimum Gasteiger partial charge on any atom is -0.311 e. The predicted molar refractivity (Wildman–Crippen MR) is 74.7 cm³/mol. The Morgan fingerprint density at radius 3 is 1.80 bits per heavy atom. The van der Waals surface area contributed by atoms with Gasteiger partial charge in [-0.1, -0.05) is 23.5 Å². The lowest BCUT2D eigenvalue weighted by Gasteiger charge is -2.18. The standard InChI is InChI=1S/C7H13O3PS4/c1-9-11(8,10-2)7-14-5(12-3)6(13-4)15-7/h7H,1-4H3. The van der Waals surface area contributed by atoms with Crippen LogP contribution in [0.4, 0.5) is 0 Å². The summed E-state index contributed by atoms with van der Waals surface area (Å²) >= 11 is 6.49. The lowest BCUT2D eigenvalue weighted by Crippen LogP contribution is -1.99. The second-order valence-corrected chi connectivity index (χ2v) is 10.1. The molecule has 1 aliphatic heterocycles. The summed E-state index contributed by atoms with van der Waals surface area (Å²) in [5, 5.41) is 0. The molecule has 15 heavy (non-hydrogen) atoms. The quantitative estimate of drug-likeness (QED) is 0.708. The van der Waals surface area contributed by atoms with Crippen molar-refractivity contribution in [2.75, 3.05) is 26.7 Å². The van der Waals surface area contributed by atoms with Gasteiger partial charge in [0.1, 0.15) is 0 Å². The van der Waals surface area contributed by atoms with Crippen LogP contribution in [-0.2, 0) is 13.6 Å². The molecule has 1 aliphatic rings. The highest BCUT2D eigenvalue weighted by Gasteiger charge is 2.41. The topological polar surface area (TPSA) is 35.5 Å². The van der Waals surface area contributed by atoms with Crippen molar-refractivity contribution in [2.45, 2.75) is 4.32 Å². The summed E-state index contributed by atoms with van der Waals surface area (Å²) in [6.45, 7) is 0. The van der Waals surface area contributed by atoms with E-state index in [1.165, 1.54) is 22.7 Å². The number of rotatable bonds is 5. The molecule has 0 amide bonds. The summed E-state index contributed by atoms with van der Waals surface area (Å²) in [5.41, 5.74) is 0. The van der Waals surface area contributed by atoms with E-state index in [0.29, 0.717) is 0 Å². The van der Waals surface area contributed by atoms with Crippen LogP contribution in [0.1, 0.15) is 0 Å². The molecular weight excluding hydrogens is 291 g/mol.